The maximum absolute atomic E-state index is 12.3. The summed E-state index contributed by atoms with van der Waals surface area (Å²) in [5, 5.41) is 9.32. The molecule has 0 fully saturated rings. The van der Waals surface area contributed by atoms with Gasteiger partial charge in [-0.2, -0.15) is 0 Å². The lowest BCUT2D eigenvalue weighted by molar-refractivity contribution is -0.121. The van der Waals surface area contributed by atoms with Crippen molar-refractivity contribution in [1.82, 2.24) is 20.4 Å². The number of hydrogen-bond acceptors (Lipinski definition) is 4. The van der Waals surface area contributed by atoms with E-state index in [9.17, 15) is 14.4 Å². The molecular weight excluding hydrogens is 308 g/mol. The van der Waals surface area contributed by atoms with Gasteiger partial charge in [0.2, 0.25) is 5.91 Å². The number of aromatic amines is 1. The Labute approximate surface area is 138 Å². The van der Waals surface area contributed by atoms with Crippen molar-refractivity contribution < 1.29 is 4.79 Å². The Kier molecular flexibility index (Phi) is 4.90. The summed E-state index contributed by atoms with van der Waals surface area (Å²) in [6.45, 7) is 2.43. The van der Waals surface area contributed by atoms with E-state index in [2.05, 4.69) is 21.8 Å². The Morgan fingerprint density at radius 3 is 2.75 bits per heavy atom. The van der Waals surface area contributed by atoms with E-state index < -0.39 is 0 Å². The van der Waals surface area contributed by atoms with Crippen LogP contribution in [-0.4, -0.2) is 35.3 Å². The number of hydrogen-bond donors (Lipinski definition) is 3. The summed E-state index contributed by atoms with van der Waals surface area (Å²) in [4.78, 5) is 36.3. The molecule has 0 radical (unpaired) electrons. The van der Waals surface area contributed by atoms with Gasteiger partial charge in [-0.3, -0.25) is 19.5 Å². The average molecular weight is 328 g/mol. The summed E-state index contributed by atoms with van der Waals surface area (Å²) in [5.74, 6) is -0.143. The largest absolute Gasteiger partial charge is 0.352 e. The van der Waals surface area contributed by atoms with E-state index in [0.29, 0.717) is 17.3 Å². The van der Waals surface area contributed by atoms with Crippen molar-refractivity contribution in [2.75, 3.05) is 19.6 Å². The summed E-state index contributed by atoms with van der Waals surface area (Å²) in [7, 11) is 0. The van der Waals surface area contributed by atoms with Crippen LogP contribution in [0.25, 0.3) is 10.8 Å². The molecule has 7 nitrogen and oxygen atoms in total. The number of aryl methyl sites for hydroxylation is 1. The van der Waals surface area contributed by atoms with Crippen LogP contribution < -0.4 is 21.8 Å². The highest BCUT2D eigenvalue weighted by Crippen LogP contribution is 2.03. The maximum Gasteiger partial charge on any atom is 0.273 e. The van der Waals surface area contributed by atoms with Gasteiger partial charge in [0.15, 0.2) is 0 Å². The van der Waals surface area contributed by atoms with Crippen LogP contribution in [0, 0.1) is 0 Å². The molecule has 1 amide bonds. The van der Waals surface area contributed by atoms with Crippen LogP contribution in [0.4, 0.5) is 0 Å². The van der Waals surface area contributed by atoms with Gasteiger partial charge in [0, 0.05) is 19.5 Å². The first-order valence-electron chi connectivity index (χ1n) is 8.02. The second-order valence-corrected chi connectivity index (χ2v) is 5.79. The Morgan fingerprint density at radius 1 is 1.21 bits per heavy atom. The molecule has 2 aromatic rings. The summed E-state index contributed by atoms with van der Waals surface area (Å²) in [6.07, 6.45) is 3.15. The number of rotatable bonds is 5. The fourth-order valence-corrected chi connectivity index (χ4v) is 2.75. The van der Waals surface area contributed by atoms with Gasteiger partial charge in [-0.25, -0.2) is 4.68 Å². The van der Waals surface area contributed by atoms with Gasteiger partial charge in [0.1, 0.15) is 0 Å². The van der Waals surface area contributed by atoms with Crippen LogP contribution >= 0.6 is 0 Å². The van der Waals surface area contributed by atoms with Crippen LogP contribution in [0.1, 0.15) is 12.8 Å². The second-order valence-electron chi connectivity index (χ2n) is 5.79. The lowest BCUT2D eigenvalue weighted by Gasteiger charge is -2.14. The topological polar surface area (TPSA) is 96.0 Å². The van der Waals surface area contributed by atoms with Crippen molar-refractivity contribution in [3.8, 4) is 0 Å². The number of fused-ring (bicyclic) bond motifs is 1. The normalized spacial score (nSPS) is 14.4. The van der Waals surface area contributed by atoms with Crippen LogP contribution in [0.2, 0.25) is 0 Å². The molecule has 0 unspecified atom stereocenters. The molecule has 1 aliphatic heterocycles. The molecule has 0 atom stereocenters. The zero-order valence-corrected chi connectivity index (χ0v) is 13.3. The molecule has 126 valence electrons. The van der Waals surface area contributed by atoms with E-state index in [1.54, 1.807) is 24.3 Å². The molecule has 1 aromatic carbocycles. The smallest absolute Gasteiger partial charge is 0.273 e. The highest BCUT2D eigenvalue weighted by Gasteiger charge is 2.09. The minimum Gasteiger partial charge on any atom is -0.352 e. The molecule has 1 aliphatic rings. The SMILES string of the molecule is O=C(CCn1[nH]c(=O)c2ccccc2c1=O)NCC1=CCNCC1. The molecule has 0 saturated carbocycles. The molecule has 3 rings (SSSR count). The minimum atomic E-state index is -0.328. The highest BCUT2D eigenvalue weighted by molar-refractivity contribution is 5.80. The number of benzene rings is 1. The predicted molar refractivity (Wildman–Crippen MR) is 92.0 cm³/mol. The third kappa shape index (κ3) is 3.62. The standard InChI is InChI=1S/C17H20N4O3/c22-15(19-11-12-5-8-18-9-6-12)7-10-21-17(24)14-4-2-1-3-13(14)16(23)20-21/h1-5,18H,6-11H2,(H,19,22)(H,20,23). The summed E-state index contributed by atoms with van der Waals surface area (Å²) >= 11 is 0. The van der Waals surface area contributed by atoms with Gasteiger partial charge >= 0.3 is 0 Å². The van der Waals surface area contributed by atoms with E-state index in [4.69, 9.17) is 0 Å². The zero-order chi connectivity index (χ0) is 16.9. The quantitative estimate of drug-likeness (QED) is 0.679. The molecular formula is C17H20N4O3. The highest BCUT2D eigenvalue weighted by atomic mass is 16.2. The van der Waals surface area contributed by atoms with Crippen molar-refractivity contribution in [3.63, 3.8) is 0 Å². The summed E-state index contributed by atoms with van der Waals surface area (Å²) in [5.41, 5.74) is 0.586. The second kappa shape index (κ2) is 7.27. The van der Waals surface area contributed by atoms with Crippen molar-refractivity contribution in [1.29, 1.82) is 0 Å². The van der Waals surface area contributed by atoms with Crippen LogP contribution in [0.15, 0.2) is 45.5 Å². The number of aromatic nitrogens is 2. The average Bonchev–Trinajstić information content (AvgIpc) is 2.62. The van der Waals surface area contributed by atoms with Crippen molar-refractivity contribution in [2.24, 2.45) is 0 Å². The first-order chi connectivity index (χ1) is 11.6. The fourth-order valence-electron chi connectivity index (χ4n) is 2.75. The molecule has 1 aromatic heterocycles. The number of carbonyl (C=O) groups is 1. The van der Waals surface area contributed by atoms with Gasteiger partial charge in [-0.1, -0.05) is 23.8 Å². The van der Waals surface area contributed by atoms with Crippen LogP contribution in [-0.2, 0) is 11.3 Å². The Balaban J connectivity index is 1.64. The van der Waals surface area contributed by atoms with Gasteiger partial charge < -0.3 is 10.6 Å². The molecule has 24 heavy (non-hydrogen) atoms. The lowest BCUT2D eigenvalue weighted by atomic mass is 10.1. The molecule has 0 aliphatic carbocycles. The van der Waals surface area contributed by atoms with Crippen molar-refractivity contribution in [3.05, 3.63) is 56.6 Å². The Morgan fingerprint density at radius 2 is 2.00 bits per heavy atom. The number of H-pyrrole nitrogens is 1. The van der Waals surface area contributed by atoms with E-state index in [1.807, 2.05) is 0 Å². The van der Waals surface area contributed by atoms with Gasteiger partial charge in [-0.05, 0) is 25.1 Å². The van der Waals surface area contributed by atoms with Crippen LogP contribution in [0.5, 0.6) is 0 Å². The number of amides is 1. The third-order valence-corrected chi connectivity index (χ3v) is 4.12. The molecule has 7 heteroatoms. The number of nitrogens with one attached hydrogen (secondary N) is 3. The van der Waals surface area contributed by atoms with Gasteiger partial charge in [-0.15, -0.1) is 0 Å². The number of carbonyl (C=O) groups excluding carboxylic acids is 1. The van der Waals surface area contributed by atoms with Crippen molar-refractivity contribution in [2.45, 2.75) is 19.4 Å². The fraction of sp³-hybridized carbons (Fsp3) is 0.353. The molecule has 2 heterocycles. The maximum atomic E-state index is 12.3. The van der Waals surface area contributed by atoms with E-state index in [0.717, 1.165) is 19.5 Å². The Bertz CT molecular complexity index is 895. The van der Waals surface area contributed by atoms with Crippen molar-refractivity contribution >= 4 is 16.7 Å². The van der Waals surface area contributed by atoms with Gasteiger partial charge in [0.25, 0.3) is 11.1 Å². The number of nitrogens with zero attached hydrogens (tertiary/aromatic N) is 1. The zero-order valence-electron chi connectivity index (χ0n) is 13.3. The molecule has 3 N–H and O–H groups in total. The van der Waals surface area contributed by atoms with Gasteiger partial charge in [0.05, 0.1) is 17.3 Å². The predicted octanol–water partition coefficient (Wildman–Crippen LogP) is 0.116. The first-order valence-corrected chi connectivity index (χ1v) is 8.02. The first kappa shape index (κ1) is 16.2. The lowest BCUT2D eigenvalue weighted by Crippen LogP contribution is -2.33. The van der Waals surface area contributed by atoms with E-state index >= 15 is 0 Å². The minimum absolute atomic E-state index is 0.139. The monoisotopic (exact) mass is 328 g/mol. The molecule has 0 bridgehead atoms. The van der Waals surface area contributed by atoms with Crippen LogP contribution in [0.3, 0.4) is 0 Å². The molecule has 0 saturated heterocycles. The summed E-state index contributed by atoms with van der Waals surface area (Å²) in [6, 6.07) is 6.66. The summed E-state index contributed by atoms with van der Waals surface area (Å²) < 4.78 is 1.20. The third-order valence-electron chi connectivity index (χ3n) is 4.12. The van der Waals surface area contributed by atoms with E-state index in [-0.39, 0.29) is 30.0 Å². The van der Waals surface area contributed by atoms with E-state index in [1.165, 1.54) is 10.3 Å². The molecule has 0 spiro atoms. The Hall–Kier alpha value is -2.67.